The van der Waals surface area contributed by atoms with Crippen LogP contribution in [0.5, 0.6) is 0 Å². The Labute approximate surface area is 150 Å². The van der Waals surface area contributed by atoms with Crippen molar-refractivity contribution in [2.45, 2.75) is 6.54 Å². The zero-order chi connectivity index (χ0) is 18.1. The van der Waals surface area contributed by atoms with E-state index in [9.17, 15) is 9.59 Å². The highest BCUT2D eigenvalue weighted by Gasteiger charge is 2.13. The van der Waals surface area contributed by atoms with Crippen LogP contribution in [0.15, 0.2) is 60.2 Å². The highest BCUT2D eigenvalue weighted by molar-refractivity contribution is 6.30. The zero-order valence-electron chi connectivity index (χ0n) is 13.2. The minimum absolute atomic E-state index is 0.196. The van der Waals surface area contributed by atoms with Gasteiger partial charge in [-0.25, -0.2) is 4.79 Å². The Bertz CT molecular complexity index is 809. The van der Waals surface area contributed by atoms with Crippen molar-refractivity contribution < 1.29 is 14.3 Å². The number of hydrogen-bond acceptors (Lipinski definition) is 4. The monoisotopic (exact) mass is 354 g/mol. The molecule has 0 heterocycles. The summed E-state index contributed by atoms with van der Waals surface area (Å²) in [7, 11) is 0. The molecule has 1 N–H and O–H groups in total. The van der Waals surface area contributed by atoms with Crippen molar-refractivity contribution in [3.63, 3.8) is 0 Å². The predicted molar refractivity (Wildman–Crippen MR) is 94.3 cm³/mol. The van der Waals surface area contributed by atoms with E-state index in [4.69, 9.17) is 21.6 Å². The van der Waals surface area contributed by atoms with Gasteiger partial charge in [0, 0.05) is 11.6 Å². The maximum absolute atomic E-state index is 11.9. The number of halogens is 1. The van der Waals surface area contributed by atoms with Crippen LogP contribution in [0.25, 0.3) is 6.08 Å². The molecule has 2 aromatic carbocycles. The Morgan fingerprint density at radius 1 is 1.12 bits per heavy atom. The fourth-order valence-corrected chi connectivity index (χ4v) is 2.04. The molecule has 0 atom stereocenters. The van der Waals surface area contributed by atoms with Crippen molar-refractivity contribution in [2.24, 2.45) is 0 Å². The van der Waals surface area contributed by atoms with Gasteiger partial charge in [0.1, 0.15) is 11.6 Å². The van der Waals surface area contributed by atoms with Gasteiger partial charge in [-0.1, -0.05) is 54.1 Å². The molecule has 0 aliphatic carbocycles. The number of carbonyl (C=O) groups excluding carboxylic acids is 2. The van der Waals surface area contributed by atoms with Crippen LogP contribution in [0.4, 0.5) is 0 Å². The fraction of sp³-hybridized carbons (Fsp3) is 0.105. The number of nitriles is 1. The maximum Gasteiger partial charge on any atom is 0.349 e. The highest BCUT2D eigenvalue weighted by Crippen LogP contribution is 2.13. The molecule has 1 amide bonds. The summed E-state index contributed by atoms with van der Waals surface area (Å²) in [5.74, 6) is -1.30. The SMILES string of the molecule is N#C/C(=C\c1ccc(Cl)cc1)C(=O)OCC(=O)NCc1ccccc1. The quantitative estimate of drug-likeness (QED) is 0.491. The van der Waals surface area contributed by atoms with E-state index in [0.717, 1.165) is 5.56 Å². The minimum Gasteiger partial charge on any atom is -0.451 e. The number of rotatable bonds is 6. The largest absolute Gasteiger partial charge is 0.451 e. The molecule has 0 spiro atoms. The van der Waals surface area contributed by atoms with Gasteiger partial charge in [-0.2, -0.15) is 5.26 Å². The molecule has 25 heavy (non-hydrogen) atoms. The van der Waals surface area contributed by atoms with Gasteiger partial charge in [-0.05, 0) is 29.3 Å². The fourth-order valence-electron chi connectivity index (χ4n) is 1.92. The van der Waals surface area contributed by atoms with Crippen LogP contribution in [0.1, 0.15) is 11.1 Å². The van der Waals surface area contributed by atoms with E-state index in [0.29, 0.717) is 17.1 Å². The molecule has 0 saturated heterocycles. The number of amides is 1. The second kappa shape index (κ2) is 9.26. The van der Waals surface area contributed by atoms with Gasteiger partial charge >= 0.3 is 5.97 Å². The lowest BCUT2D eigenvalue weighted by molar-refractivity contribution is -0.144. The second-order valence-corrected chi connectivity index (χ2v) is 5.50. The Hall–Kier alpha value is -3.10. The molecule has 0 radical (unpaired) electrons. The van der Waals surface area contributed by atoms with Crippen molar-refractivity contribution in [1.82, 2.24) is 5.32 Å². The maximum atomic E-state index is 11.9. The van der Waals surface area contributed by atoms with Gasteiger partial charge in [-0.15, -0.1) is 0 Å². The lowest BCUT2D eigenvalue weighted by Crippen LogP contribution is -2.28. The Morgan fingerprint density at radius 2 is 1.80 bits per heavy atom. The summed E-state index contributed by atoms with van der Waals surface area (Å²) in [5, 5.41) is 12.3. The summed E-state index contributed by atoms with van der Waals surface area (Å²) < 4.78 is 4.87. The lowest BCUT2D eigenvalue weighted by atomic mass is 10.1. The van der Waals surface area contributed by atoms with Crippen LogP contribution < -0.4 is 5.32 Å². The van der Waals surface area contributed by atoms with Crippen molar-refractivity contribution in [3.8, 4) is 6.07 Å². The summed E-state index contributed by atoms with van der Waals surface area (Å²) in [6.45, 7) is -0.117. The number of nitrogens with one attached hydrogen (secondary N) is 1. The summed E-state index contributed by atoms with van der Waals surface area (Å²) >= 11 is 5.78. The minimum atomic E-state index is -0.854. The van der Waals surface area contributed by atoms with Crippen molar-refractivity contribution >= 4 is 29.6 Å². The molecule has 0 fully saturated rings. The van der Waals surface area contributed by atoms with Crippen LogP contribution in [-0.4, -0.2) is 18.5 Å². The van der Waals surface area contributed by atoms with Crippen molar-refractivity contribution in [2.75, 3.05) is 6.61 Å². The van der Waals surface area contributed by atoms with Gasteiger partial charge in [0.05, 0.1) is 0 Å². The van der Waals surface area contributed by atoms with E-state index in [2.05, 4.69) is 5.32 Å². The molecule has 6 heteroatoms. The van der Waals surface area contributed by atoms with Crippen LogP contribution in [0.3, 0.4) is 0 Å². The van der Waals surface area contributed by atoms with Crippen molar-refractivity contribution in [3.05, 3.63) is 76.3 Å². The van der Waals surface area contributed by atoms with Crippen molar-refractivity contribution in [1.29, 1.82) is 5.26 Å². The normalized spacial score (nSPS) is 10.6. The third-order valence-corrected chi connectivity index (χ3v) is 3.44. The number of esters is 1. The van der Waals surface area contributed by atoms with Gasteiger partial charge < -0.3 is 10.1 Å². The van der Waals surface area contributed by atoms with Crippen LogP contribution in [-0.2, 0) is 20.9 Å². The van der Waals surface area contributed by atoms with Gasteiger partial charge in [0.15, 0.2) is 6.61 Å². The van der Waals surface area contributed by atoms with Crippen LogP contribution in [0.2, 0.25) is 5.02 Å². The summed E-state index contributed by atoms with van der Waals surface area (Å²) in [4.78, 5) is 23.6. The Morgan fingerprint density at radius 3 is 2.44 bits per heavy atom. The zero-order valence-corrected chi connectivity index (χ0v) is 14.0. The molecule has 5 nitrogen and oxygen atoms in total. The summed E-state index contributed by atoms with van der Waals surface area (Å²) in [6.07, 6.45) is 1.38. The second-order valence-electron chi connectivity index (χ2n) is 5.06. The molecule has 0 aliphatic rings. The van der Waals surface area contributed by atoms with E-state index in [-0.39, 0.29) is 5.57 Å². The molecule has 2 aromatic rings. The molecule has 0 aromatic heterocycles. The van der Waals surface area contributed by atoms with E-state index in [1.807, 2.05) is 30.3 Å². The molecule has 0 unspecified atom stereocenters. The molecule has 0 bridgehead atoms. The predicted octanol–water partition coefficient (Wildman–Crippen LogP) is 3.11. The first-order chi connectivity index (χ1) is 12.1. The molecule has 126 valence electrons. The Kier molecular flexibility index (Phi) is 6.76. The topological polar surface area (TPSA) is 79.2 Å². The first kappa shape index (κ1) is 18.2. The number of nitrogens with zero attached hydrogens (tertiary/aromatic N) is 1. The highest BCUT2D eigenvalue weighted by atomic mass is 35.5. The van der Waals surface area contributed by atoms with Gasteiger partial charge in [0.25, 0.3) is 5.91 Å². The summed E-state index contributed by atoms with van der Waals surface area (Å²) in [5.41, 5.74) is 1.37. The smallest absolute Gasteiger partial charge is 0.349 e. The first-order valence-corrected chi connectivity index (χ1v) is 7.81. The van der Waals surface area contributed by atoms with Gasteiger partial charge in [0.2, 0.25) is 0 Å². The molecular formula is C19H15ClN2O3. The average Bonchev–Trinajstić information content (AvgIpc) is 2.64. The molecule has 0 aliphatic heterocycles. The number of hydrogen-bond donors (Lipinski definition) is 1. The van der Waals surface area contributed by atoms with Gasteiger partial charge in [-0.3, -0.25) is 4.79 Å². The number of benzene rings is 2. The average molecular weight is 355 g/mol. The number of carbonyl (C=O) groups is 2. The number of ether oxygens (including phenoxy) is 1. The summed E-state index contributed by atoms with van der Waals surface area (Å²) in [6, 6.07) is 17.7. The first-order valence-electron chi connectivity index (χ1n) is 7.43. The van der Waals surface area contributed by atoms with E-state index in [1.54, 1.807) is 30.3 Å². The standard InChI is InChI=1S/C19H15ClN2O3/c20-17-8-6-14(7-9-17)10-16(11-21)19(24)25-13-18(23)22-12-15-4-2-1-3-5-15/h1-10H,12-13H2,(H,22,23)/b16-10+. The molecular weight excluding hydrogens is 340 g/mol. The van der Waals surface area contributed by atoms with Crippen LogP contribution in [0, 0.1) is 11.3 Å². The third-order valence-electron chi connectivity index (χ3n) is 3.19. The van der Waals surface area contributed by atoms with E-state index in [1.165, 1.54) is 6.08 Å². The third kappa shape index (κ3) is 6.13. The van der Waals surface area contributed by atoms with Crippen LogP contribution >= 0.6 is 11.6 Å². The van der Waals surface area contributed by atoms with E-state index >= 15 is 0 Å². The molecule has 0 saturated carbocycles. The molecule has 2 rings (SSSR count). The lowest BCUT2D eigenvalue weighted by Gasteiger charge is -2.06. The van der Waals surface area contributed by atoms with E-state index < -0.39 is 18.5 Å². The Balaban J connectivity index is 1.86.